The molecule has 0 saturated carbocycles. The van der Waals surface area contributed by atoms with E-state index in [1.165, 1.54) is 6.20 Å². The Balaban J connectivity index is 1.90. The van der Waals surface area contributed by atoms with Crippen molar-refractivity contribution in [2.45, 2.75) is 13.0 Å². The molecule has 110 valence electrons. The van der Waals surface area contributed by atoms with E-state index in [-0.39, 0.29) is 12.0 Å². The summed E-state index contributed by atoms with van der Waals surface area (Å²) >= 11 is 0. The van der Waals surface area contributed by atoms with Gasteiger partial charge in [0.2, 0.25) is 0 Å². The van der Waals surface area contributed by atoms with Gasteiger partial charge in [-0.15, -0.1) is 0 Å². The van der Waals surface area contributed by atoms with Crippen LogP contribution < -0.4 is 11.1 Å². The highest BCUT2D eigenvalue weighted by atomic mass is 16.5. The molecule has 0 saturated heterocycles. The molecule has 5 nitrogen and oxygen atoms in total. The molecule has 0 aliphatic rings. The van der Waals surface area contributed by atoms with Crippen LogP contribution in [-0.4, -0.2) is 24.1 Å². The topological polar surface area (TPSA) is 77.2 Å². The lowest BCUT2D eigenvalue weighted by atomic mass is 10.1. The Morgan fingerprint density at radius 1 is 1.29 bits per heavy atom. The van der Waals surface area contributed by atoms with Gasteiger partial charge in [-0.25, -0.2) is 9.78 Å². The third kappa shape index (κ3) is 4.29. The Kier molecular flexibility index (Phi) is 5.29. The number of nitrogens with zero attached hydrogens (tertiary/aromatic N) is 1. The first kappa shape index (κ1) is 15.0. The minimum absolute atomic E-state index is 0.113. The van der Waals surface area contributed by atoms with Crippen LogP contribution in [0.4, 0.5) is 5.82 Å². The molecule has 0 radical (unpaired) electrons. The van der Waals surface area contributed by atoms with Crippen LogP contribution in [0.5, 0.6) is 0 Å². The smallest absolute Gasteiger partial charge is 0.339 e. The van der Waals surface area contributed by atoms with Crippen molar-refractivity contribution in [2.75, 3.05) is 18.5 Å². The molecule has 0 bridgehead atoms. The summed E-state index contributed by atoms with van der Waals surface area (Å²) in [7, 11) is 0. The number of pyridine rings is 1. The summed E-state index contributed by atoms with van der Waals surface area (Å²) in [6, 6.07) is 13.2. The quantitative estimate of drug-likeness (QED) is 0.797. The molecule has 0 aliphatic heterocycles. The number of rotatable bonds is 6. The number of aromatic nitrogens is 1. The van der Waals surface area contributed by atoms with E-state index in [4.69, 9.17) is 10.5 Å². The zero-order valence-electron chi connectivity index (χ0n) is 12.0. The number of hydrogen-bond donors (Lipinski definition) is 2. The molecule has 3 N–H and O–H groups in total. The predicted molar refractivity (Wildman–Crippen MR) is 82.1 cm³/mol. The molecule has 1 aromatic carbocycles. The number of nitrogens with one attached hydrogen (secondary N) is 1. The monoisotopic (exact) mass is 285 g/mol. The summed E-state index contributed by atoms with van der Waals surface area (Å²) in [5.41, 5.74) is 7.60. The largest absolute Gasteiger partial charge is 0.462 e. The zero-order valence-corrected chi connectivity index (χ0v) is 12.0. The van der Waals surface area contributed by atoms with Gasteiger partial charge in [-0.3, -0.25) is 0 Å². The third-order valence-corrected chi connectivity index (χ3v) is 3.01. The van der Waals surface area contributed by atoms with Crippen LogP contribution in [0.3, 0.4) is 0 Å². The molecular weight excluding hydrogens is 266 g/mol. The van der Waals surface area contributed by atoms with E-state index >= 15 is 0 Å². The molecule has 0 spiro atoms. The van der Waals surface area contributed by atoms with Gasteiger partial charge in [0.25, 0.3) is 0 Å². The van der Waals surface area contributed by atoms with Crippen LogP contribution in [0.1, 0.15) is 28.9 Å². The van der Waals surface area contributed by atoms with E-state index in [2.05, 4.69) is 10.3 Å². The Morgan fingerprint density at radius 3 is 2.67 bits per heavy atom. The molecular formula is C16H19N3O2. The number of esters is 1. The van der Waals surface area contributed by atoms with Crippen molar-refractivity contribution in [3.8, 4) is 0 Å². The van der Waals surface area contributed by atoms with E-state index in [0.29, 0.717) is 24.5 Å². The normalized spacial score (nSPS) is 11.7. The number of anilines is 1. The number of benzene rings is 1. The first-order valence-electron chi connectivity index (χ1n) is 6.88. The van der Waals surface area contributed by atoms with Gasteiger partial charge in [-0.05, 0) is 24.6 Å². The van der Waals surface area contributed by atoms with E-state index in [0.717, 1.165) is 5.56 Å². The van der Waals surface area contributed by atoms with Crippen LogP contribution in [-0.2, 0) is 4.74 Å². The lowest BCUT2D eigenvalue weighted by molar-refractivity contribution is 0.0526. The van der Waals surface area contributed by atoms with Crippen LogP contribution in [0.25, 0.3) is 0 Å². The summed E-state index contributed by atoms with van der Waals surface area (Å²) in [5.74, 6) is 0.312. The SMILES string of the molecule is CCOC(=O)c1ccc(NCC(N)c2ccccc2)nc1. The summed E-state index contributed by atoms with van der Waals surface area (Å²) < 4.78 is 4.90. The van der Waals surface area contributed by atoms with E-state index in [9.17, 15) is 4.79 Å². The van der Waals surface area contributed by atoms with Crippen LogP contribution >= 0.6 is 0 Å². The number of carbonyl (C=O) groups is 1. The van der Waals surface area contributed by atoms with Crippen molar-refractivity contribution in [1.82, 2.24) is 4.98 Å². The molecule has 1 heterocycles. The van der Waals surface area contributed by atoms with Crippen molar-refractivity contribution < 1.29 is 9.53 Å². The molecule has 5 heteroatoms. The Bertz CT molecular complexity index is 570. The molecule has 0 amide bonds. The van der Waals surface area contributed by atoms with Gasteiger partial charge in [0.05, 0.1) is 12.2 Å². The van der Waals surface area contributed by atoms with Crippen LogP contribution in [0, 0.1) is 0 Å². The Hall–Kier alpha value is -2.40. The first-order chi connectivity index (χ1) is 10.2. The van der Waals surface area contributed by atoms with Crippen molar-refractivity contribution in [1.29, 1.82) is 0 Å². The molecule has 0 aliphatic carbocycles. The van der Waals surface area contributed by atoms with Gasteiger partial charge in [-0.2, -0.15) is 0 Å². The molecule has 2 aromatic rings. The molecule has 1 aromatic heterocycles. The lowest BCUT2D eigenvalue weighted by Crippen LogP contribution is -2.21. The standard InChI is InChI=1S/C16H19N3O2/c1-2-21-16(20)13-8-9-15(18-10-13)19-11-14(17)12-6-4-3-5-7-12/h3-10,14H,2,11,17H2,1H3,(H,18,19). The number of nitrogens with two attached hydrogens (primary N) is 1. The van der Waals surface area contributed by atoms with E-state index < -0.39 is 0 Å². The Morgan fingerprint density at radius 2 is 2.05 bits per heavy atom. The van der Waals surface area contributed by atoms with Crippen molar-refractivity contribution in [2.24, 2.45) is 5.73 Å². The molecule has 0 fully saturated rings. The fourth-order valence-electron chi connectivity index (χ4n) is 1.87. The Labute approximate surface area is 124 Å². The summed E-state index contributed by atoms with van der Waals surface area (Å²) in [4.78, 5) is 15.7. The van der Waals surface area contributed by atoms with Gasteiger partial charge >= 0.3 is 5.97 Å². The fraction of sp³-hybridized carbons (Fsp3) is 0.250. The van der Waals surface area contributed by atoms with E-state index in [1.807, 2.05) is 30.3 Å². The summed E-state index contributed by atoms with van der Waals surface area (Å²) in [6.07, 6.45) is 1.49. The highest BCUT2D eigenvalue weighted by molar-refractivity contribution is 5.89. The number of hydrogen-bond acceptors (Lipinski definition) is 5. The minimum atomic E-state index is -0.363. The maximum absolute atomic E-state index is 11.5. The molecule has 21 heavy (non-hydrogen) atoms. The highest BCUT2D eigenvalue weighted by Crippen LogP contribution is 2.11. The zero-order chi connectivity index (χ0) is 15.1. The summed E-state index contributed by atoms with van der Waals surface area (Å²) in [5, 5.41) is 3.15. The minimum Gasteiger partial charge on any atom is -0.462 e. The predicted octanol–water partition coefficient (Wildman–Crippen LogP) is 2.37. The van der Waals surface area contributed by atoms with Gasteiger partial charge in [0.1, 0.15) is 5.82 Å². The third-order valence-electron chi connectivity index (χ3n) is 3.01. The van der Waals surface area contributed by atoms with Gasteiger partial charge in [0, 0.05) is 18.8 Å². The van der Waals surface area contributed by atoms with Gasteiger partial charge in [-0.1, -0.05) is 30.3 Å². The highest BCUT2D eigenvalue weighted by Gasteiger charge is 2.08. The molecule has 2 rings (SSSR count). The maximum atomic E-state index is 11.5. The second-order valence-corrected chi connectivity index (χ2v) is 4.55. The fourth-order valence-corrected chi connectivity index (χ4v) is 1.87. The maximum Gasteiger partial charge on any atom is 0.339 e. The average Bonchev–Trinajstić information content (AvgIpc) is 2.54. The number of ether oxygens (including phenoxy) is 1. The van der Waals surface area contributed by atoms with Crippen LogP contribution in [0.15, 0.2) is 48.7 Å². The molecule has 1 unspecified atom stereocenters. The van der Waals surface area contributed by atoms with Gasteiger partial charge < -0.3 is 15.8 Å². The average molecular weight is 285 g/mol. The van der Waals surface area contributed by atoms with Crippen LogP contribution in [0.2, 0.25) is 0 Å². The first-order valence-corrected chi connectivity index (χ1v) is 6.88. The van der Waals surface area contributed by atoms with E-state index in [1.54, 1.807) is 19.1 Å². The second kappa shape index (κ2) is 7.40. The van der Waals surface area contributed by atoms with Crippen molar-refractivity contribution in [3.63, 3.8) is 0 Å². The lowest BCUT2D eigenvalue weighted by Gasteiger charge is -2.13. The summed E-state index contributed by atoms with van der Waals surface area (Å²) in [6.45, 7) is 2.69. The second-order valence-electron chi connectivity index (χ2n) is 4.55. The van der Waals surface area contributed by atoms with Crippen molar-refractivity contribution in [3.05, 3.63) is 59.8 Å². The molecule has 1 atom stereocenters. The number of carbonyl (C=O) groups excluding carboxylic acids is 1. The van der Waals surface area contributed by atoms with Crippen molar-refractivity contribution >= 4 is 11.8 Å². The van der Waals surface area contributed by atoms with Gasteiger partial charge in [0.15, 0.2) is 0 Å².